The van der Waals surface area contributed by atoms with Crippen molar-refractivity contribution in [3.8, 4) is 0 Å². The minimum atomic E-state index is 0.263. The minimum absolute atomic E-state index is 0.263. The summed E-state index contributed by atoms with van der Waals surface area (Å²) in [5, 5.41) is 2.55. The summed E-state index contributed by atoms with van der Waals surface area (Å²) in [6, 6.07) is 1.74. The molecule has 0 aromatic carbocycles. The van der Waals surface area contributed by atoms with Crippen LogP contribution in [0.3, 0.4) is 0 Å². The van der Waals surface area contributed by atoms with Crippen LogP contribution < -0.4 is 5.43 Å². The Morgan fingerprint density at radius 3 is 2.71 bits per heavy atom. The Bertz CT molecular complexity index is 380. The van der Waals surface area contributed by atoms with Gasteiger partial charge in [0.25, 0.3) is 0 Å². The molecule has 2 heterocycles. The normalized spacial score (nSPS) is 17.4. The second-order valence-corrected chi connectivity index (χ2v) is 4.69. The van der Waals surface area contributed by atoms with Crippen molar-refractivity contribution in [3.63, 3.8) is 0 Å². The summed E-state index contributed by atoms with van der Waals surface area (Å²) in [5.41, 5.74) is 3.23. The molecule has 2 rings (SSSR count). The molecule has 1 saturated heterocycles. The summed E-state index contributed by atoms with van der Waals surface area (Å²) in [6.07, 6.45) is 0. The van der Waals surface area contributed by atoms with E-state index in [1.165, 1.54) is 0 Å². The molecule has 0 atom stereocenters. The molecule has 1 aromatic rings. The van der Waals surface area contributed by atoms with Gasteiger partial charge in [0.2, 0.25) is 0 Å². The zero-order chi connectivity index (χ0) is 12.3. The molecule has 1 fully saturated rings. The number of halogens is 1. The van der Waals surface area contributed by atoms with E-state index in [2.05, 4.69) is 20.4 Å². The maximum Gasteiger partial charge on any atom is 0.145 e. The first-order chi connectivity index (χ1) is 8.15. The van der Waals surface area contributed by atoms with E-state index in [0.717, 1.165) is 37.9 Å². The molecular formula is C11H17ClN4O. The fourth-order valence-corrected chi connectivity index (χ4v) is 1.78. The van der Waals surface area contributed by atoms with E-state index in [4.69, 9.17) is 16.3 Å². The van der Waals surface area contributed by atoms with Gasteiger partial charge >= 0.3 is 0 Å². The molecule has 5 nitrogen and oxygen atoms in total. The summed E-state index contributed by atoms with van der Waals surface area (Å²) >= 11 is 5.98. The van der Waals surface area contributed by atoms with Gasteiger partial charge in [-0.3, -0.25) is 0 Å². The molecule has 0 aliphatic carbocycles. The van der Waals surface area contributed by atoms with Crippen LogP contribution in [0.4, 0.5) is 5.82 Å². The zero-order valence-electron chi connectivity index (χ0n) is 10.1. The highest BCUT2D eigenvalue weighted by Crippen LogP contribution is 2.17. The number of nitrogens with one attached hydrogen (secondary N) is 1. The van der Waals surface area contributed by atoms with Crippen molar-refractivity contribution < 1.29 is 4.74 Å². The standard InChI is InChI=1S/C11H17ClN4O/c1-8(2)11-13-9(12)7-10(14-11)15-16-3-5-17-6-4-16/h7-8H,3-6H2,1-2H3,(H,13,14,15). The van der Waals surface area contributed by atoms with E-state index in [9.17, 15) is 0 Å². The molecule has 1 aromatic heterocycles. The average Bonchev–Trinajstić information content (AvgIpc) is 2.29. The highest BCUT2D eigenvalue weighted by Gasteiger charge is 2.12. The number of anilines is 1. The Balaban J connectivity index is 2.09. The first-order valence-corrected chi connectivity index (χ1v) is 6.17. The van der Waals surface area contributed by atoms with E-state index in [1.807, 2.05) is 13.8 Å². The van der Waals surface area contributed by atoms with E-state index < -0.39 is 0 Å². The van der Waals surface area contributed by atoms with Crippen molar-refractivity contribution in [2.45, 2.75) is 19.8 Å². The molecule has 1 aliphatic heterocycles. The largest absolute Gasteiger partial charge is 0.379 e. The predicted octanol–water partition coefficient (Wildman–Crippen LogP) is 1.91. The Labute approximate surface area is 106 Å². The third-order valence-corrected chi connectivity index (χ3v) is 2.71. The van der Waals surface area contributed by atoms with Crippen LogP contribution in [0.15, 0.2) is 6.07 Å². The van der Waals surface area contributed by atoms with Crippen molar-refractivity contribution in [1.82, 2.24) is 15.0 Å². The number of nitrogens with zero attached hydrogens (tertiary/aromatic N) is 3. The monoisotopic (exact) mass is 256 g/mol. The van der Waals surface area contributed by atoms with Gasteiger partial charge < -0.3 is 10.2 Å². The summed E-state index contributed by atoms with van der Waals surface area (Å²) in [5.74, 6) is 1.77. The number of hydrazine groups is 1. The van der Waals surface area contributed by atoms with Crippen LogP contribution in [0.25, 0.3) is 0 Å². The molecule has 0 unspecified atom stereocenters. The number of morpholine rings is 1. The summed E-state index contributed by atoms with van der Waals surface area (Å²) in [4.78, 5) is 8.64. The van der Waals surface area contributed by atoms with E-state index >= 15 is 0 Å². The van der Waals surface area contributed by atoms with Crippen molar-refractivity contribution in [3.05, 3.63) is 17.0 Å². The lowest BCUT2D eigenvalue weighted by molar-refractivity contribution is 0.0494. The van der Waals surface area contributed by atoms with E-state index in [0.29, 0.717) is 5.15 Å². The van der Waals surface area contributed by atoms with Gasteiger partial charge in [-0.2, -0.15) is 0 Å². The van der Waals surface area contributed by atoms with Crippen LogP contribution in [0, 0.1) is 0 Å². The lowest BCUT2D eigenvalue weighted by atomic mass is 10.2. The Morgan fingerprint density at radius 1 is 1.35 bits per heavy atom. The summed E-state index contributed by atoms with van der Waals surface area (Å²) in [6.45, 7) is 7.26. The van der Waals surface area contributed by atoms with Crippen LogP contribution >= 0.6 is 11.6 Å². The van der Waals surface area contributed by atoms with Crippen molar-refractivity contribution >= 4 is 17.4 Å². The molecule has 17 heavy (non-hydrogen) atoms. The topological polar surface area (TPSA) is 50.3 Å². The SMILES string of the molecule is CC(C)c1nc(Cl)cc(NN2CCOCC2)n1. The molecule has 0 amide bonds. The lowest BCUT2D eigenvalue weighted by Gasteiger charge is -2.27. The van der Waals surface area contributed by atoms with Gasteiger partial charge in [0.1, 0.15) is 16.8 Å². The second-order valence-electron chi connectivity index (χ2n) is 4.30. The maximum atomic E-state index is 5.98. The molecule has 0 bridgehead atoms. The summed E-state index contributed by atoms with van der Waals surface area (Å²) < 4.78 is 5.28. The highest BCUT2D eigenvalue weighted by molar-refractivity contribution is 6.29. The number of hydrogen-bond acceptors (Lipinski definition) is 5. The zero-order valence-corrected chi connectivity index (χ0v) is 10.9. The quantitative estimate of drug-likeness (QED) is 0.838. The Hall–Kier alpha value is -0.910. The predicted molar refractivity (Wildman–Crippen MR) is 67.1 cm³/mol. The first kappa shape index (κ1) is 12.5. The smallest absolute Gasteiger partial charge is 0.145 e. The van der Waals surface area contributed by atoms with Gasteiger partial charge in [0.05, 0.1) is 13.2 Å². The van der Waals surface area contributed by atoms with Crippen molar-refractivity contribution in [2.75, 3.05) is 31.7 Å². The van der Waals surface area contributed by atoms with Crippen molar-refractivity contribution in [2.24, 2.45) is 0 Å². The van der Waals surface area contributed by atoms with Crippen LogP contribution in [-0.4, -0.2) is 41.3 Å². The number of hydrogen-bond donors (Lipinski definition) is 1. The fraction of sp³-hybridized carbons (Fsp3) is 0.636. The minimum Gasteiger partial charge on any atom is -0.379 e. The molecule has 1 aliphatic rings. The summed E-state index contributed by atoms with van der Waals surface area (Å²) in [7, 11) is 0. The first-order valence-electron chi connectivity index (χ1n) is 5.79. The average molecular weight is 257 g/mol. The number of ether oxygens (including phenoxy) is 1. The van der Waals surface area contributed by atoms with Gasteiger partial charge in [-0.25, -0.2) is 15.0 Å². The molecule has 94 valence electrons. The maximum absolute atomic E-state index is 5.98. The molecule has 0 radical (unpaired) electrons. The molecule has 0 saturated carbocycles. The van der Waals surface area contributed by atoms with E-state index in [-0.39, 0.29) is 5.92 Å². The van der Waals surface area contributed by atoms with Crippen LogP contribution in [0.1, 0.15) is 25.6 Å². The fourth-order valence-electron chi connectivity index (χ4n) is 1.59. The Kier molecular flexibility index (Phi) is 4.15. The molecular weight excluding hydrogens is 240 g/mol. The van der Waals surface area contributed by atoms with Gasteiger partial charge in [0.15, 0.2) is 0 Å². The van der Waals surface area contributed by atoms with Gasteiger partial charge in [-0.05, 0) is 0 Å². The third kappa shape index (κ3) is 3.52. The van der Waals surface area contributed by atoms with Gasteiger partial charge in [-0.1, -0.05) is 25.4 Å². The van der Waals surface area contributed by atoms with Crippen LogP contribution in [-0.2, 0) is 4.74 Å². The van der Waals surface area contributed by atoms with Gasteiger partial charge in [-0.15, -0.1) is 0 Å². The third-order valence-electron chi connectivity index (χ3n) is 2.51. The van der Waals surface area contributed by atoms with Crippen molar-refractivity contribution in [1.29, 1.82) is 0 Å². The number of rotatable bonds is 3. The molecule has 0 spiro atoms. The van der Waals surface area contributed by atoms with Gasteiger partial charge in [0, 0.05) is 25.1 Å². The lowest BCUT2D eigenvalue weighted by Crippen LogP contribution is -2.40. The van der Waals surface area contributed by atoms with E-state index in [1.54, 1.807) is 6.07 Å². The van der Waals surface area contributed by atoms with Crippen LogP contribution in [0.5, 0.6) is 0 Å². The van der Waals surface area contributed by atoms with Crippen LogP contribution in [0.2, 0.25) is 5.15 Å². The molecule has 1 N–H and O–H groups in total. The number of aromatic nitrogens is 2. The molecule has 6 heteroatoms. The highest BCUT2D eigenvalue weighted by atomic mass is 35.5. The Morgan fingerprint density at radius 2 is 2.06 bits per heavy atom. The second kappa shape index (κ2) is 5.62.